The van der Waals surface area contributed by atoms with Gasteiger partial charge in [-0.05, 0) is 34.9 Å². The second kappa shape index (κ2) is 13.1. The van der Waals surface area contributed by atoms with Crippen molar-refractivity contribution in [2.45, 2.75) is 38.3 Å². The first-order valence-corrected chi connectivity index (χ1v) is 15.5. The number of aliphatic hydroxyl groups excluding tert-OH is 1. The highest BCUT2D eigenvalue weighted by atomic mass is 32.1. The molecule has 0 unspecified atom stereocenters. The lowest BCUT2D eigenvalue weighted by Crippen LogP contribution is -2.76. The number of aromatic hydroxyl groups is 1. The molecule has 0 saturated carbocycles. The molecule has 0 radical (unpaired) electrons. The molecule has 2 aliphatic heterocycles. The smallest absolute Gasteiger partial charge is 0.334 e. The Labute approximate surface area is 264 Å². The number of rotatable bonds is 9. The van der Waals surface area contributed by atoms with E-state index >= 15 is 0 Å². The van der Waals surface area contributed by atoms with Crippen molar-refractivity contribution >= 4 is 39.4 Å². The molecule has 45 heavy (non-hydrogen) atoms. The molecular weight excluding hydrogens is 592 g/mol. The van der Waals surface area contributed by atoms with Crippen LogP contribution in [-0.2, 0) is 35.7 Å². The van der Waals surface area contributed by atoms with Crippen LogP contribution in [0.2, 0.25) is 0 Å². The number of benzene rings is 3. The molecule has 2 aliphatic rings. The van der Waals surface area contributed by atoms with Gasteiger partial charge in [-0.15, -0.1) is 17.9 Å². The van der Waals surface area contributed by atoms with E-state index in [4.69, 9.17) is 0 Å². The Morgan fingerprint density at radius 2 is 1.89 bits per heavy atom. The number of carbonyl (C=O) groups excluding carboxylic acids is 3. The molecule has 4 amide bonds. The molecule has 0 aliphatic carbocycles. The van der Waals surface area contributed by atoms with Crippen molar-refractivity contribution in [2.24, 2.45) is 0 Å². The van der Waals surface area contributed by atoms with Crippen molar-refractivity contribution in [3.8, 4) is 5.75 Å². The third-order valence-electron chi connectivity index (χ3n) is 8.21. The molecule has 1 aromatic heterocycles. The molecule has 11 nitrogen and oxygen atoms in total. The summed E-state index contributed by atoms with van der Waals surface area (Å²) in [6, 6.07) is 18.8. The van der Waals surface area contributed by atoms with E-state index in [1.807, 2.05) is 48.5 Å². The first kappa shape index (κ1) is 30.3. The van der Waals surface area contributed by atoms with E-state index in [0.29, 0.717) is 11.1 Å². The number of phenols is 1. The van der Waals surface area contributed by atoms with Gasteiger partial charge < -0.3 is 25.3 Å². The minimum absolute atomic E-state index is 0.0533. The van der Waals surface area contributed by atoms with Gasteiger partial charge in [0.1, 0.15) is 18.0 Å². The molecule has 12 heteroatoms. The average Bonchev–Trinajstić information content (AvgIpc) is 3.53. The fraction of sp³-hybridized carbons (Fsp3) is 0.273. The predicted molar refractivity (Wildman–Crippen MR) is 169 cm³/mol. The summed E-state index contributed by atoms with van der Waals surface area (Å²) in [5, 5.41) is 26.1. The number of hydrogen-bond donors (Lipinski definition) is 3. The van der Waals surface area contributed by atoms with Crippen LogP contribution in [0.3, 0.4) is 0 Å². The van der Waals surface area contributed by atoms with Gasteiger partial charge in [0.2, 0.25) is 11.8 Å². The third-order valence-corrected chi connectivity index (χ3v) is 9.01. The quantitative estimate of drug-likeness (QED) is 0.243. The summed E-state index contributed by atoms with van der Waals surface area (Å²) in [7, 11) is 0. The van der Waals surface area contributed by atoms with E-state index < -0.39 is 18.2 Å². The van der Waals surface area contributed by atoms with Gasteiger partial charge >= 0.3 is 6.03 Å². The summed E-state index contributed by atoms with van der Waals surface area (Å²) in [6.45, 7) is 4.22. The first-order chi connectivity index (χ1) is 21.9. The lowest BCUT2D eigenvalue weighted by molar-refractivity contribution is -0.189. The molecule has 0 bridgehead atoms. The van der Waals surface area contributed by atoms with Gasteiger partial charge in [0, 0.05) is 31.6 Å². The summed E-state index contributed by atoms with van der Waals surface area (Å²) >= 11 is 1.52. The largest absolute Gasteiger partial charge is 0.508 e. The lowest BCUT2D eigenvalue weighted by atomic mass is 9.97. The van der Waals surface area contributed by atoms with Gasteiger partial charge in [-0.1, -0.05) is 54.6 Å². The number of piperazine rings is 1. The Balaban J connectivity index is 1.37. The number of nitrogens with zero attached hydrogens (tertiary/aromatic N) is 5. The van der Waals surface area contributed by atoms with Crippen molar-refractivity contribution in [1.29, 1.82) is 0 Å². The number of carbonyl (C=O) groups is 3. The molecule has 6 rings (SSSR count). The number of urea groups is 1. The van der Waals surface area contributed by atoms with Gasteiger partial charge in [0.25, 0.3) is 0 Å². The standard InChI is InChI=1S/C33H34N6O5S/c1-2-13-37-19-30(42)38-26(15-23-11-12-27(41)25(14-23)20-40)32(43)36(17-24-9-6-10-28-31(24)35-21-45-28)18-29(38)39(37)33(44)34-16-22-7-4-3-5-8-22/h2-12,14,21,26,29,40-41H,1,13,15-20H2,(H,34,44)/t26-,29-/m0/s1. The second-order valence-corrected chi connectivity index (χ2v) is 12.0. The van der Waals surface area contributed by atoms with Gasteiger partial charge in [-0.2, -0.15) is 0 Å². The molecule has 3 N–H and O–H groups in total. The minimum atomic E-state index is -0.933. The number of aromatic nitrogens is 1. The van der Waals surface area contributed by atoms with Gasteiger partial charge in [0.15, 0.2) is 0 Å². The van der Waals surface area contributed by atoms with Crippen molar-refractivity contribution in [3.63, 3.8) is 0 Å². The van der Waals surface area contributed by atoms with Crippen LogP contribution in [0.25, 0.3) is 10.2 Å². The Bertz CT molecular complexity index is 1730. The Hall–Kier alpha value is -4.78. The zero-order valence-corrected chi connectivity index (χ0v) is 25.4. The number of thiazole rings is 1. The van der Waals surface area contributed by atoms with Crippen molar-refractivity contribution < 1.29 is 24.6 Å². The van der Waals surface area contributed by atoms with E-state index in [2.05, 4.69) is 16.9 Å². The van der Waals surface area contributed by atoms with E-state index in [0.717, 1.165) is 21.3 Å². The predicted octanol–water partition coefficient (Wildman–Crippen LogP) is 3.23. The molecule has 0 spiro atoms. The Kier molecular flexibility index (Phi) is 8.78. The van der Waals surface area contributed by atoms with E-state index in [1.165, 1.54) is 27.3 Å². The Morgan fingerprint density at radius 1 is 1.07 bits per heavy atom. The monoisotopic (exact) mass is 626 g/mol. The molecule has 3 aromatic carbocycles. The maximum Gasteiger partial charge on any atom is 0.334 e. The summed E-state index contributed by atoms with van der Waals surface area (Å²) in [6.07, 6.45) is 0.973. The van der Waals surface area contributed by atoms with Crippen LogP contribution in [0.4, 0.5) is 4.79 Å². The number of para-hydroxylation sites is 1. The topological polar surface area (TPSA) is 130 Å². The molecule has 3 heterocycles. The number of amides is 4. The fourth-order valence-electron chi connectivity index (χ4n) is 6.09. The second-order valence-electron chi connectivity index (χ2n) is 11.1. The highest BCUT2D eigenvalue weighted by Gasteiger charge is 2.51. The Morgan fingerprint density at radius 3 is 2.67 bits per heavy atom. The molecule has 4 aromatic rings. The third kappa shape index (κ3) is 6.12. The SMILES string of the molecule is C=CCN1CC(=O)N2[C@@H](Cc3ccc(O)c(CO)c3)C(=O)N(Cc3cccc4scnc34)C[C@@H]2N1C(=O)NCc1ccccc1. The van der Waals surface area contributed by atoms with Crippen molar-refractivity contribution in [2.75, 3.05) is 19.6 Å². The van der Waals surface area contributed by atoms with Gasteiger partial charge in [-0.3, -0.25) is 9.59 Å². The van der Waals surface area contributed by atoms with Gasteiger partial charge in [0.05, 0.1) is 35.4 Å². The molecular formula is C33H34N6O5S. The van der Waals surface area contributed by atoms with E-state index in [9.17, 15) is 24.6 Å². The number of aliphatic hydroxyl groups is 1. The lowest BCUT2D eigenvalue weighted by Gasteiger charge is -2.55. The van der Waals surface area contributed by atoms with Crippen LogP contribution in [-0.4, -0.2) is 84.7 Å². The van der Waals surface area contributed by atoms with Gasteiger partial charge in [-0.25, -0.2) is 19.8 Å². The first-order valence-electron chi connectivity index (χ1n) is 14.7. The zero-order valence-electron chi connectivity index (χ0n) is 24.6. The van der Waals surface area contributed by atoms with Crippen LogP contribution in [0.15, 0.2) is 84.9 Å². The van der Waals surface area contributed by atoms with E-state index in [-0.39, 0.29) is 63.3 Å². The summed E-state index contributed by atoms with van der Waals surface area (Å²) in [4.78, 5) is 49.8. The molecule has 2 atom stereocenters. The summed E-state index contributed by atoms with van der Waals surface area (Å²) < 4.78 is 1.00. The number of hydrazine groups is 1. The maximum atomic E-state index is 14.3. The maximum absolute atomic E-state index is 14.3. The van der Waals surface area contributed by atoms with Crippen molar-refractivity contribution in [3.05, 3.63) is 107 Å². The number of hydrogen-bond acceptors (Lipinski definition) is 8. The van der Waals surface area contributed by atoms with Crippen LogP contribution in [0, 0.1) is 0 Å². The van der Waals surface area contributed by atoms with E-state index in [1.54, 1.807) is 33.6 Å². The molecule has 2 saturated heterocycles. The zero-order chi connectivity index (χ0) is 31.5. The number of nitrogens with one attached hydrogen (secondary N) is 1. The van der Waals surface area contributed by atoms with Crippen LogP contribution >= 0.6 is 11.3 Å². The van der Waals surface area contributed by atoms with Crippen LogP contribution < -0.4 is 5.32 Å². The highest BCUT2D eigenvalue weighted by Crippen LogP contribution is 2.31. The average molecular weight is 627 g/mol. The molecule has 232 valence electrons. The van der Waals surface area contributed by atoms with Crippen LogP contribution in [0.5, 0.6) is 5.75 Å². The van der Waals surface area contributed by atoms with Crippen LogP contribution in [0.1, 0.15) is 22.3 Å². The minimum Gasteiger partial charge on any atom is -0.508 e. The fourth-order valence-corrected chi connectivity index (χ4v) is 6.82. The molecule has 2 fully saturated rings. The van der Waals surface area contributed by atoms with Crippen molar-refractivity contribution in [1.82, 2.24) is 30.1 Å². The summed E-state index contributed by atoms with van der Waals surface area (Å²) in [5.41, 5.74) is 5.36. The highest BCUT2D eigenvalue weighted by molar-refractivity contribution is 7.16. The summed E-state index contributed by atoms with van der Waals surface area (Å²) in [5.74, 6) is -0.593. The normalized spacial score (nSPS) is 18.7. The number of fused-ring (bicyclic) bond motifs is 2.